The predicted octanol–water partition coefficient (Wildman–Crippen LogP) is 4.37. The summed E-state index contributed by atoms with van der Waals surface area (Å²) in [4.78, 5) is 18.9. The van der Waals surface area contributed by atoms with Crippen LogP contribution >= 0.6 is 11.3 Å². The summed E-state index contributed by atoms with van der Waals surface area (Å²) in [6.45, 7) is 1.16. The highest BCUT2D eigenvalue weighted by atomic mass is 32.1. The summed E-state index contributed by atoms with van der Waals surface area (Å²) in [7, 11) is 0. The van der Waals surface area contributed by atoms with Crippen LogP contribution in [0.4, 0.5) is 0 Å². The number of fused-ring (bicyclic) bond motifs is 2. The minimum absolute atomic E-state index is 0.0382. The summed E-state index contributed by atoms with van der Waals surface area (Å²) in [6, 6.07) is 12.0. The molecule has 1 aliphatic rings. The molecule has 4 rings (SSSR count). The van der Waals surface area contributed by atoms with Gasteiger partial charge in [0.1, 0.15) is 11.3 Å². The second-order valence-electron chi connectivity index (χ2n) is 6.56. The summed E-state index contributed by atoms with van der Waals surface area (Å²) in [5, 5.41) is 4.08. The maximum absolute atomic E-state index is 12.3. The Balaban J connectivity index is 1.26. The van der Waals surface area contributed by atoms with E-state index in [0.29, 0.717) is 13.2 Å². The summed E-state index contributed by atoms with van der Waals surface area (Å²) in [6.07, 6.45) is 7.27. The van der Waals surface area contributed by atoms with Gasteiger partial charge in [0.15, 0.2) is 0 Å². The lowest BCUT2D eigenvalue weighted by molar-refractivity contribution is 0.0955. The average molecular weight is 366 g/mol. The van der Waals surface area contributed by atoms with Gasteiger partial charge in [-0.15, -0.1) is 11.3 Å². The van der Waals surface area contributed by atoms with Gasteiger partial charge in [0.05, 0.1) is 11.5 Å². The van der Waals surface area contributed by atoms with Crippen molar-refractivity contribution in [3.63, 3.8) is 0 Å². The van der Waals surface area contributed by atoms with Gasteiger partial charge in [0.2, 0.25) is 0 Å². The minimum Gasteiger partial charge on any atom is -0.491 e. The number of pyridine rings is 1. The van der Waals surface area contributed by atoms with Crippen LogP contribution in [0.25, 0.3) is 10.9 Å². The Morgan fingerprint density at radius 3 is 3.00 bits per heavy atom. The van der Waals surface area contributed by atoms with E-state index in [0.717, 1.165) is 40.8 Å². The molecule has 4 nitrogen and oxygen atoms in total. The summed E-state index contributed by atoms with van der Waals surface area (Å²) in [5.74, 6) is 0.830. The molecule has 0 bridgehead atoms. The van der Waals surface area contributed by atoms with E-state index in [1.807, 2.05) is 30.3 Å². The van der Waals surface area contributed by atoms with Crippen molar-refractivity contribution in [3.05, 3.63) is 57.9 Å². The molecule has 0 atom stereocenters. The number of hydrogen-bond donors (Lipinski definition) is 1. The quantitative estimate of drug-likeness (QED) is 0.659. The van der Waals surface area contributed by atoms with Crippen molar-refractivity contribution in [1.82, 2.24) is 10.3 Å². The molecule has 1 aliphatic carbocycles. The van der Waals surface area contributed by atoms with Crippen molar-refractivity contribution in [3.8, 4) is 5.75 Å². The predicted molar refractivity (Wildman–Crippen MR) is 105 cm³/mol. The average Bonchev–Trinajstić information content (AvgIpc) is 3.12. The van der Waals surface area contributed by atoms with Gasteiger partial charge in [0, 0.05) is 23.0 Å². The molecule has 1 amide bonds. The number of hydrogen-bond acceptors (Lipinski definition) is 4. The number of nitrogens with one attached hydrogen (secondary N) is 1. The zero-order chi connectivity index (χ0) is 17.8. The molecule has 0 fully saturated rings. The maximum Gasteiger partial charge on any atom is 0.261 e. The number of carbonyl (C=O) groups is 1. The number of thiophene rings is 1. The van der Waals surface area contributed by atoms with Crippen LogP contribution in [-0.2, 0) is 12.8 Å². The van der Waals surface area contributed by atoms with Gasteiger partial charge < -0.3 is 10.1 Å². The first kappa shape index (κ1) is 17.0. The first-order chi connectivity index (χ1) is 12.8. The van der Waals surface area contributed by atoms with E-state index in [9.17, 15) is 4.79 Å². The van der Waals surface area contributed by atoms with Crippen LogP contribution in [-0.4, -0.2) is 24.0 Å². The van der Waals surface area contributed by atoms with Crippen LogP contribution in [0.5, 0.6) is 5.75 Å². The van der Waals surface area contributed by atoms with E-state index in [1.165, 1.54) is 23.3 Å². The Morgan fingerprint density at radius 2 is 2.08 bits per heavy atom. The number of carbonyl (C=O) groups excluding carboxylic acids is 1. The molecule has 2 heterocycles. The van der Waals surface area contributed by atoms with E-state index in [-0.39, 0.29) is 5.91 Å². The molecule has 1 N–H and O–H groups in total. The SMILES string of the molecule is O=C(NCCCOc1cccc2cccnc12)c1cc2c(s1)CCCC2. The van der Waals surface area contributed by atoms with Crippen molar-refractivity contribution in [2.24, 2.45) is 0 Å². The third kappa shape index (κ3) is 3.73. The van der Waals surface area contributed by atoms with E-state index in [1.54, 1.807) is 17.5 Å². The molecule has 0 spiro atoms. The molecular formula is C21H22N2O2S. The number of nitrogens with zero attached hydrogens (tertiary/aromatic N) is 1. The van der Waals surface area contributed by atoms with Crippen molar-refractivity contribution in [2.45, 2.75) is 32.1 Å². The first-order valence-corrected chi connectivity index (χ1v) is 9.99. The van der Waals surface area contributed by atoms with Gasteiger partial charge >= 0.3 is 0 Å². The van der Waals surface area contributed by atoms with Gasteiger partial charge in [-0.3, -0.25) is 9.78 Å². The van der Waals surface area contributed by atoms with E-state index in [2.05, 4.69) is 16.4 Å². The zero-order valence-electron chi connectivity index (χ0n) is 14.7. The molecule has 5 heteroatoms. The molecule has 26 heavy (non-hydrogen) atoms. The topological polar surface area (TPSA) is 51.2 Å². The van der Waals surface area contributed by atoms with Gasteiger partial charge in [-0.1, -0.05) is 18.2 Å². The van der Waals surface area contributed by atoms with Crippen LogP contribution in [0, 0.1) is 0 Å². The molecule has 0 radical (unpaired) electrons. The summed E-state index contributed by atoms with van der Waals surface area (Å²) in [5.41, 5.74) is 2.25. The normalized spacial score (nSPS) is 13.4. The Morgan fingerprint density at radius 1 is 1.19 bits per heavy atom. The largest absolute Gasteiger partial charge is 0.491 e. The molecule has 1 aromatic carbocycles. The number of para-hydroxylation sites is 1. The highest BCUT2D eigenvalue weighted by Gasteiger charge is 2.16. The second-order valence-corrected chi connectivity index (χ2v) is 7.69. The number of ether oxygens (including phenoxy) is 1. The van der Waals surface area contributed by atoms with Crippen LogP contribution in [0.15, 0.2) is 42.6 Å². The Hall–Kier alpha value is -2.40. The third-order valence-electron chi connectivity index (χ3n) is 4.68. The number of aromatic nitrogens is 1. The first-order valence-electron chi connectivity index (χ1n) is 9.17. The zero-order valence-corrected chi connectivity index (χ0v) is 15.5. The number of aryl methyl sites for hydroxylation is 2. The van der Waals surface area contributed by atoms with Gasteiger partial charge in [-0.2, -0.15) is 0 Å². The Bertz CT molecular complexity index is 891. The van der Waals surface area contributed by atoms with Gasteiger partial charge in [0.25, 0.3) is 5.91 Å². The van der Waals surface area contributed by atoms with Gasteiger partial charge in [-0.05, 0) is 55.9 Å². The molecule has 2 aromatic heterocycles. The second kappa shape index (κ2) is 7.87. The van der Waals surface area contributed by atoms with E-state index < -0.39 is 0 Å². The number of rotatable bonds is 6. The summed E-state index contributed by atoms with van der Waals surface area (Å²) < 4.78 is 5.86. The fourth-order valence-corrected chi connectivity index (χ4v) is 4.51. The smallest absolute Gasteiger partial charge is 0.261 e. The molecule has 0 aliphatic heterocycles. The van der Waals surface area contributed by atoms with Gasteiger partial charge in [-0.25, -0.2) is 0 Å². The van der Waals surface area contributed by atoms with E-state index >= 15 is 0 Å². The third-order valence-corrected chi connectivity index (χ3v) is 5.92. The fraction of sp³-hybridized carbons (Fsp3) is 0.333. The number of benzene rings is 1. The number of amides is 1. The molecule has 134 valence electrons. The minimum atomic E-state index is 0.0382. The standard InChI is InChI=1S/C21H22N2O2S/c24-21(19-14-16-6-1-2-10-18(16)26-19)23-12-5-13-25-17-9-3-7-15-8-4-11-22-20(15)17/h3-4,7-9,11,14H,1-2,5-6,10,12-13H2,(H,23,24). The van der Waals surface area contributed by atoms with Crippen LogP contribution in [0.1, 0.15) is 39.4 Å². The summed E-state index contributed by atoms with van der Waals surface area (Å²) >= 11 is 1.65. The highest BCUT2D eigenvalue weighted by molar-refractivity contribution is 7.14. The van der Waals surface area contributed by atoms with Crippen molar-refractivity contribution in [2.75, 3.05) is 13.2 Å². The molecule has 0 saturated heterocycles. The Labute approximate surface area is 157 Å². The highest BCUT2D eigenvalue weighted by Crippen LogP contribution is 2.29. The molecule has 0 unspecified atom stereocenters. The van der Waals surface area contributed by atoms with Crippen molar-refractivity contribution < 1.29 is 9.53 Å². The lowest BCUT2D eigenvalue weighted by Crippen LogP contribution is -2.24. The van der Waals surface area contributed by atoms with Crippen LogP contribution < -0.4 is 10.1 Å². The lowest BCUT2D eigenvalue weighted by Gasteiger charge is -2.09. The van der Waals surface area contributed by atoms with E-state index in [4.69, 9.17) is 4.74 Å². The lowest BCUT2D eigenvalue weighted by atomic mass is 9.99. The monoisotopic (exact) mass is 366 g/mol. The van der Waals surface area contributed by atoms with Crippen molar-refractivity contribution in [1.29, 1.82) is 0 Å². The maximum atomic E-state index is 12.3. The van der Waals surface area contributed by atoms with Crippen LogP contribution in [0.2, 0.25) is 0 Å². The fourth-order valence-electron chi connectivity index (χ4n) is 3.34. The molecule has 3 aromatic rings. The molecule has 0 saturated carbocycles. The van der Waals surface area contributed by atoms with Crippen molar-refractivity contribution >= 4 is 28.1 Å². The molecular weight excluding hydrogens is 344 g/mol. The Kier molecular flexibility index (Phi) is 5.16. The van der Waals surface area contributed by atoms with Crippen LogP contribution in [0.3, 0.4) is 0 Å².